The van der Waals surface area contributed by atoms with Gasteiger partial charge in [0, 0.05) is 33.8 Å². The van der Waals surface area contributed by atoms with Gasteiger partial charge in [-0.2, -0.15) is 5.10 Å². The minimum atomic E-state index is -1.73. The van der Waals surface area contributed by atoms with Crippen LogP contribution in [0.15, 0.2) is 36.5 Å². The third-order valence-corrected chi connectivity index (χ3v) is 9.42. The van der Waals surface area contributed by atoms with E-state index in [1.165, 1.54) is 13.2 Å². The number of carbonyl (C=O) groups is 2. The summed E-state index contributed by atoms with van der Waals surface area (Å²) < 4.78 is 43.1. The van der Waals surface area contributed by atoms with Crippen molar-refractivity contribution in [1.82, 2.24) is 20.1 Å². The predicted molar refractivity (Wildman–Crippen MR) is 161 cm³/mol. The first kappa shape index (κ1) is 30.1. The molecule has 2 saturated carbocycles. The molecule has 0 unspecified atom stereocenters. The van der Waals surface area contributed by atoms with Crippen LogP contribution in [0.5, 0.6) is 11.5 Å². The average Bonchev–Trinajstić information content (AvgIpc) is 3.99. The number of ether oxygens (including phenoxy) is 2. The summed E-state index contributed by atoms with van der Waals surface area (Å²) >= 11 is 0. The zero-order valence-electron chi connectivity index (χ0n) is 25.3. The number of fused-ring (bicyclic) bond motifs is 2. The SMILES string of the molecule is COc1cc(C(=O)NC[C@](O)(c2cc3c(c(-c4ccc(F)c(CO)c4F)n2)OC[C@]3(C)C(N)=O)C2CC2)cc2cn(C3CC3)nc12. The highest BCUT2D eigenvalue weighted by atomic mass is 19.1. The van der Waals surface area contributed by atoms with Crippen molar-refractivity contribution in [3.63, 3.8) is 0 Å². The van der Waals surface area contributed by atoms with Gasteiger partial charge in [-0.15, -0.1) is 0 Å². The summed E-state index contributed by atoms with van der Waals surface area (Å²) in [6.07, 6.45) is 5.23. The second-order valence-electron chi connectivity index (χ2n) is 12.6. The summed E-state index contributed by atoms with van der Waals surface area (Å²) in [5.74, 6) is -2.97. The van der Waals surface area contributed by atoms with Crippen LogP contribution >= 0.6 is 0 Å². The average molecular weight is 634 g/mol. The maximum absolute atomic E-state index is 15.6. The number of hydrogen-bond donors (Lipinski definition) is 4. The summed E-state index contributed by atoms with van der Waals surface area (Å²) in [6.45, 7) is 0.252. The number of aliphatic hydroxyl groups is 2. The van der Waals surface area contributed by atoms with Gasteiger partial charge in [0.05, 0.1) is 32.0 Å². The van der Waals surface area contributed by atoms with E-state index in [2.05, 4.69) is 15.4 Å². The Kier molecular flexibility index (Phi) is 7.01. The molecule has 11 nitrogen and oxygen atoms in total. The van der Waals surface area contributed by atoms with Crippen LogP contribution in [-0.2, 0) is 22.4 Å². The Bertz CT molecular complexity index is 1920. The van der Waals surface area contributed by atoms with E-state index in [4.69, 9.17) is 15.2 Å². The molecule has 2 atom stereocenters. The Morgan fingerprint density at radius 1 is 1.22 bits per heavy atom. The van der Waals surface area contributed by atoms with Crippen LogP contribution in [0.25, 0.3) is 22.2 Å². The van der Waals surface area contributed by atoms with Gasteiger partial charge >= 0.3 is 0 Å². The van der Waals surface area contributed by atoms with Crippen molar-refractivity contribution in [3.8, 4) is 22.8 Å². The molecule has 2 amide bonds. The molecule has 46 heavy (non-hydrogen) atoms. The highest BCUT2D eigenvalue weighted by molar-refractivity contribution is 6.00. The van der Waals surface area contributed by atoms with Gasteiger partial charge in [0.15, 0.2) is 0 Å². The summed E-state index contributed by atoms with van der Waals surface area (Å²) in [6, 6.07) is 7.32. The van der Waals surface area contributed by atoms with Gasteiger partial charge in [-0.3, -0.25) is 14.3 Å². The lowest BCUT2D eigenvalue weighted by Gasteiger charge is -2.30. The summed E-state index contributed by atoms with van der Waals surface area (Å²) in [5, 5.41) is 30.1. The van der Waals surface area contributed by atoms with E-state index in [1.54, 1.807) is 19.1 Å². The first-order valence-electron chi connectivity index (χ1n) is 15.1. The molecule has 0 bridgehead atoms. The number of nitrogens with one attached hydrogen (secondary N) is 1. The number of hydrogen-bond acceptors (Lipinski definition) is 8. The summed E-state index contributed by atoms with van der Waals surface area (Å²) in [7, 11) is 1.51. The molecule has 2 aromatic heterocycles. The number of pyridine rings is 1. The summed E-state index contributed by atoms with van der Waals surface area (Å²) in [4.78, 5) is 30.8. The quantitative estimate of drug-likeness (QED) is 0.207. The molecule has 0 saturated heterocycles. The van der Waals surface area contributed by atoms with Crippen molar-refractivity contribution in [1.29, 1.82) is 0 Å². The van der Waals surface area contributed by atoms with Gasteiger partial charge in [0.2, 0.25) is 5.91 Å². The van der Waals surface area contributed by atoms with Crippen LogP contribution < -0.4 is 20.5 Å². The Morgan fingerprint density at radius 3 is 2.63 bits per heavy atom. The van der Waals surface area contributed by atoms with E-state index in [0.717, 1.165) is 30.4 Å². The molecule has 2 aromatic carbocycles. The maximum atomic E-state index is 15.6. The number of carbonyl (C=O) groups excluding carboxylic acids is 2. The first-order chi connectivity index (χ1) is 22.0. The number of aromatic nitrogens is 3. The van der Waals surface area contributed by atoms with Crippen molar-refractivity contribution >= 4 is 22.7 Å². The molecular formula is C33H33F2N5O6. The smallest absolute Gasteiger partial charge is 0.251 e. The van der Waals surface area contributed by atoms with Crippen molar-refractivity contribution in [2.24, 2.45) is 11.7 Å². The summed E-state index contributed by atoms with van der Waals surface area (Å²) in [5.41, 5.74) is 3.16. The number of aliphatic hydroxyl groups excluding tert-OH is 1. The van der Waals surface area contributed by atoms with Crippen LogP contribution in [-0.4, -0.2) is 57.1 Å². The molecule has 5 N–H and O–H groups in total. The van der Waals surface area contributed by atoms with Gasteiger partial charge in [0.1, 0.15) is 52.0 Å². The van der Waals surface area contributed by atoms with Gasteiger partial charge in [-0.25, -0.2) is 13.8 Å². The minimum absolute atomic E-state index is 0.0637. The van der Waals surface area contributed by atoms with E-state index in [-0.39, 0.29) is 47.3 Å². The number of methoxy groups -OCH3 is 1. The largest absolute Gasteiger partial charge is 0.494 e. The number of halogens is 2. The van der Waals surface area contributed by atoms with Crippen molar-refractivity contribution in [2.75, 3.05) is 20.3 Å². The molecule has 4 aromatic rings. The molecule has 0 radical (unpaired) electrons. The van der Waals surface area contributed by atoms with E-state index in [9.17, 15) is 24.2 Å². The number of nitrogens with two attached hydrogens (primary N) is 1. The van der Waals surface area contributed by atoms with Gasteiger partial charge in [0.25, 0.3) is 5.91 Å². The lowest BCUT2D eigenvalue weighted by molar-refractivity contribution is -0.123. The maximum Gasteiger partial charge on any atom is 0.251 e. The molecule has 1 aliphatic heterocycles. The Morgan fingerprint density at radius 2 is 1.98 bits per heavy atom. The number of benzene rings is 2. The van der Waals surface area contributed by atoms with Crippen LogP contribution in [0.3, 0.4) is 0 Å². The van der Waals surface area contributed by atoms with Crippen molar-refractivity contribution < 1.29 is 38.1 Å². The Hall–Kier alpha value is -4.62. The topological polar surface area (TPSA) is 162 Å². The van der Waals surface area contributed by atoms with Crippen molar-refractivity contribution in [2.45, 2.75) is 56.3 Å². The molecule has 3 heterocycles. The Labute approximate surface area is 262 Å². The zero-order valence-corrected chi connectivity index (χ0v) is 25.3. The number of primary amides is 1. The molecule has 7 rings (SSSR count). The predicted octanol–water partition coefficient (Wildman–Crippen LogP) is 3.38. The highest BCUT2D eigenvalue weighted by Crippen LogP contribution is 2.50. The van der Waals surface area contributed by atoms with Crippen LogP contribution in [0.2, 0.25) is 0 Å². The lowest BCUT2D eigenvalue weighted by atomic mass is 9.81. The highest BCUT2D eigenvalue weighted by Gasteiger charge is 2.50. The fraction of sp³-hybridized carbons (Fsp3) is 0.394. The van der Waals surface area contributed by atoms with E-state index < -0.39 is 46.6 Å². The zero-order chi connectivity index (χ0) is 32.5. The first-order valence-corrected chi connectivity index (χ1v) is 15.1. The molecule has 3 aliphatic rings. The van der Waals surface area contributed by atoms with Crippen LogP contribution in [0, 0.1) is 17.6 Å². The standard InChI is InChI=1S/C33H33F2N5O6/c1-32(31(36)43)15-46-29-22(32)11-25(38-28(29)20-7-8-23(34)21(13-41)26(20)35)33(44,18-3-4-18)14-37-30(42)16-9-17-12-40(19-5-6-19)39-27(17)24(10-16)45-2/h7-12,18-19,41,44H,3-6,13-15H2,1-2H3,(H2,36,43)(H,37,42)/t32-,33+/m0/s1. The molecule has 2 aliphatic carbocycles. The van der Waals surface area contributed by atoms with Crippen molar-refractivity contribution in [3.05, 3.63) is 70.5 Å². The second-order valence-corrected chi connectivity index (χ2v) is 12.6. The fourth-order valence-corrected chi connectivity index (χ4v) is 6.17. The Balaban J connectivity index is 1.28. The molecule has 240 valence electrons. The molecule has 2 fully saturated rings. The van der Waals surface area contributed by atoms with Crippen LogP contribution in [0.1, 0.15) is 65.8 Å². The molecular weight excluding hydrogens is 600 g/mol. The van der Waals surface area contributed by atoms with E-state index in [0.29, 0.717) is 35.7 Å². The lowest BCUT2D eigenvalue weighted by Crippen LogP contribution is -2.44. The number of nitrogens with zero attached hydrogens (tertiary/aromatic N) is 3. The second kappa shape index (κ2) is 10.7. The third kappa shape index (κ3) is 4.76. The normalized spacial score (nSPS) is 20.2. The minimum Gasteiger partial charge on any atom is -0.494 e. The number of rotatable bonds is 10. The molecule has 13 heteroatoms. The number of amides is 2. The fourth-order valence-electron chi connectivity index (χ4n) is 6.17. The molecule has 0 spiro atoms. The van der Waals surface area contributed by atoms with E-state index in [1.807, 2.05) is 10.9 Å². The monoisotopic (exact) mass is 633 g/mol. The van der Waals surface area contributed by atoms with Gasteiger partial charge in [-0.05, 0) is 68.9 Å². The van der Waals surface area contributed by atoms with Gasteiger partial charge < -0.3 is 30.7 Å². The van der Waals surface area contributed by atoms with Crippen LogP contribution in [0.4, 0.5) is 8.78 Å². The van der Waals surface area contributed by atoms with E-state index >= 15 is 4.39 Å². The van der Waals surface area contributed by atoms with Gasteiger partial charge in [-0.1, -0.05) is 0 Å². The third-order valence-electron chi connectivity index (χ3n) is 9.42.